The zero-order chi connectivity index (χ0) is 15.2. The maximum Gasteiger partial charge on any atom is 0.326 e. The number of carbonyl (C=O) groups excluding carboxylic acids is 2. The molecule has 0 spiro atoms. The summed E-state index contributed by atoms with van der Waals surface area (Å²) in [5.41, 5.74) is 4.62. The number of amides is 3. The third kappa shape index (κ3) is 4.69. The van der Waals surface area contributed by atoms with Crippen molar-refractivity contribution in [3.05, 3.63) is 0 Å². The summed E-state index contributed by atoms with van der Waals surface area (Å²) in [4.78, 5) is 33.2. The molecule has 20 heavy (non-hydrogen) atoms. The van der Waals surface area contributed by atoms with Gasteiger partial charge in [-0.2, -0.15) is 0 Å². The summed E-state index contributed by atoms with van der Waals surface area (Å²) in [6.07, 6.45) is 2.65. The molecule has 8 heteroatoms. The van der Waals surface area contributed by atoms with Crippen molar-refractivity contribution < 1.29 is 24.2 Å². The molecule has 1 rings (SSSR count). The Morgan fingerprint density at radius 1 is 1.40 bits per heavy atom. The fraction of sp³-hybridized carbons (Fsp3) is 0.750. The average Bonchev–Trinajstić information content (AvgIpc) is 2.33. The molecule has 8 nitrogen and oxygen atoms in total. The van der Waals surface area contributed by atoms with E-state index in [4.69, 9.17) is 15.6 Å². The first-order chi connectivity index (χ1) is 9.38. The smallest absolute Gasteiger partial charge is 0.326 e. The van der Waals surface area contributed by atoms with Gasteiger partial charge in [-0.05, 0) is 25.7 Å². The van der Waals surface area contributed by atoms with Crippen molar-refractivity contribution in [2.45, 2.75) is 43.7 Å². The van der Waals surface area contributed by atoms with E-state index >= 15 is 0 Å². The number of aliphatic carboxylic acids is 1. The molecule has 5 N–H and O–H groups in total. The van der Waals surface area contributed by atoms with Crippen LogP contribution in [0.1, 0.15) is 32.1 Å². The predicted octanol–water partition coefficient (Wildman–Crippen LogP) is -0.427. The van der Waals surface area contributed by atoms with Crippen molar-refractivity contribution in [1.29, 1.82) is 0 Å². The summed E-state index contributed by atoms with van der Waals surface area (Å²) < 4.78 is 5.34. The summed E-state index contributed by atoms with van der Waals surface area (Å²) in [6.45, 7) is 0.331. The lowest BCUT2D eigenvalue weighted by Crippen LogP contribution is -2.53. The highest BCUT2D eigenvalue weighted by Crippen LogP contribution is 2.34. The van der Waals surface area contributed by atoms with E-state index in [1.807, 2.05) is 0 Å². The van der Waals surface area contributed by atoms with Crippen LogP contribution in [0.4, 0.5) is 4.79 Å². The van der Waals surface area contributed by atoms with Gasteiger partial charge in [-0.25, -0.2) is 9.59 Å². The first kappa shape index (κ1) is 16.2. The molecule has 0 aromatic carbocycles. The van der Waals surface area contributed by atoms with Crippen molar-refractivity contribution in [2.75, 3.05) is 13.7 Å². The molecular weight excluding hydrogens is 266 g/mol. The van der Waals surface area contributed by atoms with Gasteiger partial charge in [0.25, 0.3) is 0 Å². The van der Waals surface area contributed by atoms with E-state index < -0.39 is 23.9 Å². The highest BCUT2D eigenvalue weighted by Gasteiger charge is 2.37. The summed E-state index contributed by atoms with van der Waals surface area (Å²) in [7, 11) is 1.59. The monoisotopic (exact) mass is 287 g/mol. The van der Waals surface area contributed by atoms with Gasteiger partial charge in [-0.15, -0.1) is 0 Å². The van der Waals surface area contributed by atoms with Crippen LogP contribution in [0.2, 0.25) is 0 Å². The molecule has 0 heterocycles. The van der Waals surface area contributed by atoms with Gasteiger partial charge in [0.1, 0.15) is 6.04 Å². The molecule has 0 aliphatic heterocycles. The number of hydrogen-bond donors (Lipinski definition) is 4. The topological polar surface area (TPSA) is 131 Å². The van der Waals surface area contributed by atoms with Crippen LogP contribution in [0.25, 0.3) is 0 Å². The molecule has 1 unspecified atom stereocenters. The summed E-state index contributed by atoms with van der Waals surface area (Å²) in [6, 6.07) is -1.73. The van der Waals surface area contributed by atoms with E-state index in [1.165, 1.54) is 0 Å². The Morgan fingerprint density at radius 3 is 2.45 bits per heavy atom. The van der Waals surface area contributed by atoms with Crippen molar-refractivity contribution in [2.24, 2.45) is 5.73 Å². The quantitative estimate of drug-likeness (QED) is 0.481. The fourth-order valence-electron chi connectivity index (χ4n) is 2.02. The molecule has 1 atom stereocenters. The molecule has 0 radical (unpaired) electrons. The standard InChI is InChI=1S/C12H21N3O5/c1-20-12(5-2-6-12)7-14-11(19)15-8(10(17)18)3-4-9(13)16/h8H,2-7H2,1H3,(H2,13,16)(H,17,18)(H2,14,15,19). The van der Waals surface area contributed by atoms with E-state index in [1.54, 1.807) is 7.11 Å². The van der Waals surface area contributed by atoms with E-state index in [0.29, 0.717) is 6.54 Å². The molecule has 1 aliphatic rings. The highest BCUT2D eigenvalue weighted by molar-refractivity contribution is 5.83. The third-order valence-corrected chi connectivity index (χ3v) is 3.55. The largest absolute Gasteiger partial charge is 0.480 e. The Hall–Kier alpha value is -1.83. The van der Waals surface area contributed by atoms with Crippen LogP contribution in [-0.2, 0) is 14.3 Å². The number of rotatable bonds is 8. The summed E-state index contributed by atoms with van der Waals surface area (Å²) in [5.74, 6) is -1.81. The van der Waals surface area contributed by atoms with Crippen molar-refractivity contribution in [3.63, 3.8) is 0 Å². The Kier molecular flexibility index (Phi) is 5.75. The number of carboxylic acid groups (broad SMARTS) is 1. The fourth-order valence-corrected chi connectivity index (χ4v) is 2.02. The van der Waals surface area contributed by atoms with Crippen LogP contribution in [0.5, 0.6) is 0 Å². The maximum absolute atomic E-state index is 11.6. The minimum absolute atomic E-state index is 0.0342. The number of carboxylic acids is 1. The van der Waals surface area contributed by atoms with E-state index in [-0.39, 0.29) is 18.4 Å². The Labute approximate surface area is 117 Å². The number of ether oxygens (including phenoxy) is 1. The molecule has 0 aromatic heterocycles. The van der Waals surface area contributed by atoms with Gasteiger partial charge in [0, 0.05) is 20.1 Å². The first-order valence-corrected chi connectivity index (χ1v) is 6.49. The van der Waals surface area contributed by atoms with Crippen LogP contribution in [0, 0.1) is 0 Å². The SMILES string of the molecule is COC1(CNC(=O)NC(CCC(N)=O)C(=O)O)CCC1. The van der Waals surface area contributed by atoms with Gasteiger partial charge in [0.05, 0.1) is 5.60 Å². The zero-order valence-corrected chi connectivity index (χ0v) is 11.5. The lowest BCUT2D eigenvalue weighted by molar-refractivity contribution is -0.139. The minimum Gasteiger partial charge on any atom is -0.480 e. The second-order valence-corrected chi connectivity index (χ2v) is 4.96. The number of urea groups is 1. The van der Waals surface area contributed by atoms with Crippen molar-refractivity contribution >= 4 is 17.9 Å². The first-order valence-electron chi connectivity index (χ1n) is 6.49. The maximum atomic E-state index is 11.6. The number of nitrogens with two attached hydrogens (primary N) is 1. The number of carbonyl (C=O) groups is 3. The van der Waals surface area contributed by atoms with Crippen LogP contribution in [-0.4, -0.2) is 48.3 Å². The Balaban J connectivity index is 2.37. The zero-order valence-electron chi connectivity index (χ0n) is 11.5. The number of hydrogen-bond acceptors (Lipinski definition) is 4. The molecule has 0 saturated heterocycles. The van der Waals surface area contributed by atoms with E-state index in [0.717, 1.165) is 19.3 Å². The van der Waals surface area contributed by atoms with Gasteiger partial charge in [-0.1, -0.05) is 0 Å². The molecule has 114 valence electrons. The van der Waals surface area contributed by atoms with Gasteiger partial charge in [0.2, 0.25) is 5.91 Å². The van der Waals surface area contributed by atoms with Crippen LogP contribution < -0.4 is 16.4 Å². The van der Waals surface area contributed by atoms with Crippen molar-refractivity contribution in [3.8, 4) is 0 Å². The van der Waals surface area contributed by atoms with E-state index in [2.05, 4.69) is 10.6 Å². The van der Waals surface area contributed by atoms with E-state index in [9.17, 15) is 14.4 Å². The second-order valence-electron chi connectivity index (χ2n) is 4.96. The normalized spacial score (nSPS) is 17.6. The minimum atomic E-state index is -1.20. The third-order valence-electron chi connectivity index (χ3n) is 3.55. The number of primary amides is 1. The molecule has 1 fully saturated rings. The predicted molar refractivity (Wildman–Crippen MR) is 70.0 cm³/mol. The van der Waals surface area contributed by atoms with Crippen LogP contribution in [0.15, 0.2) is 0 Å². The second kappa shape index (κ2) is 7.09. The molecule has 0 aromatic rings. The molecular formula is C12H21N3O5. The van der Waals surface area contributed by atoms with Crippen LogP contribution in [0.3, 0.4) is 0 Å². The number of nitrogens with one attached hydrogen (secondary N) is 2. The lowest BCUT2D eigenvalue weighted by Gasteiger charge is -2.40. The van der Waals surface area contributed by atoms with Crippen molar-refractivity contribution in [1.82, 2.24) is 10.6 Å². The average molecular weight is 287 g/mol. The Bertz CT molecular complexity index is 376. The summed E-state index contributed by atoms with van der Waals surface area (Å²) >= 11 is 0. The highest BCUT2D eigenvalue weighted by atomic mass is 16.5. The molecule has 3 amide bonds. The number of methoxy groups -OCH3 is 1. The van der Waals surface area contributed by atoms with Gasteiger partial charge >= 0.3 is 12.0 Å². The molecule has 0 bridgehead atoms. The molecule has 1 saturated carbocycles. The van der Waals surface area contributed by atoms with Gasteiger partial charge in [0.15, 0.2) is 0 Å². The van der Waals surface area contributed by atoms with Gasteiger partial charge in [-0.3, -0.25) is 4.79 Å². The summed E-state index contributed by atoms with van der Waals surface area (Å²) in [5, 5.41) is 13.8. The van der Waals surface area contributed by atoms with Crippen LogP contribution >= 0.6 is 0 Å². The molecule has 1 aliphatic carbocycles. The lowest BCUT2D eigenvalue weighted by atomic mass is 9.80. The van der Waals surface area contributed by atoms with Gasteiger partial charge < -0.3 is 26.2 Å². The Morgan fingerprint density at radius 2 is 2.05 bits per heavy atom.